The van der Waals surface area contributed by atoms with Crippen molar-refractivity contribution < 1.29 is 14.3 Å². The number of anilines is 1. The Morgan fingerprint density at radius 3 is 2.34 bits per heavy atom. The number of hydrogen-bond acceptors (Lipinski definition) is 3. The third-order valence-electron chi connectivity index (χ3n) is 7.23. The Balaban J connectivity index is 1.47. The lowest BCUT2D eigenvalue weighted by Crippen LogP contribution is -2.44. The van der Waals surface area contributed by atoms with E-state index in [0.717, 1.165) is 33.3 Å². The number of para-hydroxylation sites is 1. The molecule has 2 N–H and O–H groups in total. The van der Waals surface area contributed by atoms with E-state index >= 15 is 0 Å². The highest BCUT2D eigenvalue weighted by Gasteiger charge is 2.44. The number of amides is 2. The van der Waals surface area contributed by atoms with E-state index in [2.05, 4.69) is 28.5 Å². The van der Waals surface area contributed by atoms with Gasteiger partial charge in [0, 0.05) is 27.7 Å². The van der Waals surface area contributed by atoms with Crippen molar-refractivity contribution in [3.63, 3.8) is 0 Å². The molecule has 6 nitrogen and oxygen atoms in total. The molecule has 188 valence electrons. The van der Waals surface area contributed by atoms with Gasteiger partial charge < -0.3 is 19.9 Å². The summed E-state index contributed by atoms with van der Waals surface area (Å²) in [6, 6.07) is 31.8. The van der Waals surface area contributed by atoms with E-state index in [0.29, 0.717) is 17.0 Å². The number of aromatic nitrogens is 1. The van der Waals surface area contributed by atoms with Gasteiger partial charge in [0.05, 0.1) is 18.8 Å². The van der Waals surface area contributed by atoms with Gasteiger partial charge in [0.2, 0.25) is 5.91 Å². The fraction of sp³-hybridized carbons (Fsp3) is 0.125. The van der Waals surface area contributed by atoms with Gasteiger partial charge in [0.15, 0.2) is 0 Å². The zero-order chi connectivity index (χ0) is 26.2. The molecule has 0 saturated heterocycles. The van der Waals surface area contributed by atoms with E-state index in [4.69, 9.17) is 4.74 Å². The Hall–Kier alpha value is -4.84. The SMILES string of the molecule is COc1ccc(NC(=O)C(C)N2C(=O)c3ccccc3C2c2c(-c3ccccc3)[nH]c3ccccc23)cc1. The van der Waals surface area contributed by atoms with E-state index < -0.39 is 12.1 Å². The molecule has 1 aromatic heterocycles. The standard InChI is InChI=1S/C32H27N3O3/c1-20(31(36)33-22-16-18-23(38-2)19-17-22)35-30(24-12-6-7-13-25(24)32(35)37)28-26-14-8-9-15-27(26)34-29(28)21-10-4-3-5-11-21/h3-20,30,34H,1-2H3,(H,33,36). The average molecular weight is 502 g/mol. The van der Waals surface area contributed by atoms with Crippen molar-refractivity contribution in [2.75, 3.05) is 12.4 Å². The molecule has 0 radical (unpaired) electrons. The molecule has 4 aromatic carbocycles. The summed E-state index contributed by atoms with van der Waals surface area (Å²) >= 11 is 0. The Morgan fingerprint density at radius 2 is 1.58 bits per heavy atom. The van der Waals surface area contributed by atoms with Gasteiger partial charge in [-0.2, -0.15) is 0 Å². The highest BCUT2D eigenvalue weighted by atomic mass is 16.5. The first-order valence-electron chi connectivity index (χ1n) is 12.6. The third kappa shape index (κ3) is 3.91. The molecule has 1 aliphatic rings. The van der Waals surface area contributed by atoms with Crippen molar-refractivity contribution in [2.24, 2.45) is 0 Å². The van der Waals surface area contributed by atoms with Crippen LogP contribution in [-0.2, 0) is 4.79 Å². The highest BCUT2D eigenvalue weighted by molar-refractivity contribution is 6.06. The van der Waals surface area contributed by atoms with Crippen molar-refractivity contribution in [1.29, 1.82) is 0 Å². The molecule has 38 heavy (non-hydrogen) atoms. The highest BCUT2D eigenvalue weighted by Crippen LogP contribution is 2.46. The molecule has 6 heteroatoms. The van der Waals surface area contributed by atoms with Crippen LogP contribution in [0, 0.1) is 0 Å². The van der Waals surface area contributed by atoms with E-state index in [1.807, 2.05) is 60.7 Å². The molecule has 0 bridgehead atoms. The predicted octanol–water partition coefficient (Wildman–Crippen LogP) is 6.42. The predicted molar refractivity (Wildman–Crippen MR) is 149 cm³/mol. The van der Waals surface area contributed by atoms with E-state index in [-0.39, 0.29) is 11.8 Å². The number of fused-ring (bicyclic) bond motifs is 2. The lowest BCUT2D eigenvalue weighted by molar-refractivity contribution is -0.120. The summed E-state index contributed by atoms with van der Waals surface area (Å²) in [6.45, 7) is 1.78. The molecule has 0 fully saturated rings. The Morgan fingerprint density at radius 1 is 0.895 bits per heavy atom. The van der Waals surface area contributed by atoms with Gasteiger partial charge in [-0.25, -0.2) is 0 Å². The summed E-state index contributed by atoms with van der Waals surface area (Å²) in [6.07, 6.45) is 0. The quantitative estimate of drug-likeness (QED) is 0.282. The van der Waals surface area contributed by atoms with Crippen LogP contribution in [0.2, 0.25) is 0 Å². The second-order valence-corrected chi connectivity index (χ2v) is 9.42. The van der Waals surface area contributed by atoms with Gasteiger partial charge in [-0.15, -0.1) is 0 Å². The van der Waals surface area contributed by atoms with Crippen LogP contribution in [0.4, 0.5) is 5.69 Å². The number of methoxy groups -OCH3 is 1. The van der Waals surface area contributed by atoms with Crippen molar-refractivity contribution in [1.82, 2.24) is 9.88 Å². The van der Waals surface area contributed by atoms with Crippen LogP contribution in [0.15, 0.2) is 103 Å². The summed E-state index contributed by atoms with van der Waals surface area (Å²) in [5.41, 5.74) is 6.07. The Bertz CT molecular complexity index is 1640. The number of benzene rings is 4. The largest absolute Gasteiger partial charge is 0.497 e. The lowest BCUT2D eigenvalue weighted by atomic mass is 9.92. The monoisotopic (exact) mass is 501 g/mol. The van der Waals surface area contributed by atoms with Gasteiger partial charge in [-0.1, -0.05) is 66.7 Å². The van der Waals surface area contributed by atoms with E-state index in [1.165, 1.54) is 0 Å². The summed E-state index contributed by atoms with van der Waals surface area (Å²) in [5, 5.41) is 3.99. The van der Waals surface area contributed by atoms with Gasteiger partial charge in [-0.3, -0.25) is 9.59 Å². The maximum absolute atomic E-state index is 13.9. The van der Waals surface area contributed by atoms with Crippen molar-refractivity contribution in [2.45, 2.75) is 19.0 Å². The maximum atomic E-state index is 13.9. The molecular weight excluding hydrogens is 474 g/mol. The van der Waals surface area contributed by atoms with Crippen LogP contribution >= 0.6 is 0 Å². The number of rotatable bonds is 6. The second-order valence-electron chi connectivity index (χ2n) is 9.42. The minimum atomic E-state index is -0.737. The number of H-pyrrole nitrogens is 1. The lowest BCUT2D eigenvalue weighted by Gasteiger charge is -2.31. The smallest absolute Gasteiger partial charge is 0.255 e. The van der Waals surface area contributed by atoms with Gasteiger partial charge in [0.1, 0.15) is 11.8 Å². The molecule has 2 unspecified atom stereocenters. The van der Waals surface area contributed by atoms with Gasteiger partial charge >= 0.3 is 0 Å². The van der Waals surface area contributed by atoms with Crippen LogP contribution < -0.4 is 10.1 Å². The first-order valence-corrected chi connectivity index (χ1v) is 12.6. The molecule has 2 atom stereocenters. The summed E-state index contributed by atoms with van der Waals surface area (Å²) in [7, 11) is 1.60. The molecule has 2 amide bonds. The molecule has 6 rings (SSSR count). The summed E-state index contributed by atoms with van der Waals surface area (Å²) < 4.78 is 5.22. The first kappa shape index (κ1) is 23.6. The normalized spacial score (nSPS) is 15.4. The van der Waals surface area contributed by atoms with Gasteiger partial charge in [0.25, 0.3) is 5.91 Å². The number of aromatic amines is 1. The van der Waals surface area contributed by atoms with Crippen LogP contribution in [0.3, 0.4) is 0 Å². The maximum Gasteiger partial charge on any atom is 0.255 e. The molecule has 0 aliphatic carbocycles. The topological polar surface area (TPSA) is 74.4 Å². The molecule has 1 aliphatic heterocycles. The Kier molecular flexibility index (Phi) is 5.92. The van der Waals surface area contributed by atoms with Crippen molar-refractivity contribution in [3.05, 3.63) is 120 Å². The average Bonchev–Trinajstić information content (AvgIpc) is 3.48. The van der Waals surface area contributed by atoms with E-state index in [9.17, 15) is 9.59 Å². The zero-order valence-corrected chi connectivity index (χ0v) is 21.1. The van der Waals surface area contributed by atoms with Crippen LogP contribution in [0.25, 0.3) is 22.2 Å². The summed E-state index contributed by atoms with van der Waals surface area (Å²) in [4.78, 5) is 32.7. The molecule has 5 aromatic rings. The summed E-state index contributed by atoms with van der Waals surface area (Å²) in [5.74, 6) is 0.281. The number of hydrogen-bond donors (Lipinski definition) is 2. The zero-order valence-electron chi connectivity index (χ0n) is 21.1. The van der Waals surface area contributed by atoms with Gasteiger partial charge in [-0.05, 0) is 54.4 Å². The number of nitrogens with one attached hydrogen (secondary N) is 2. The third-order valence-corrected chi connectivity index (χ3v) is 7.23. The minimum absolute atomic E-state index is 0.160. The second kappa shape index (κ2) is 9.56. The van der Waals surface area contributed by atoms with Crippen molar-refractivity contribution >= 4 is 28.4 Å². The minimum Gasteiger partial charge on any atom is -0.497 e. The number of nitrogens with zero attached hydrogens (tertiary/aromatic N) is 1. The molecular formula is C32H27N3O3. The van der Waals surface area contributed by atoms with E-state index in [1.54, 1.807) is 43.2 Å². The van der Waals surface area contributed by atoms with Crippen molar-refractivity contribution in [3.8, 4) is 17.0 Å². The van der Waals surface area contributed by atoms with Crippen LogP contribution in [0.5, 0.6) is 5.75 Å². The van der Waals surface area contributed by atoms with Crippen LogP contribution in [-0.4, -0.2) is 34.8 Å². The Labute approximate surface area is 220 Å². The van der Waals surface area contributed by atoms with Crippen LogP contribution in [0.1, 0.15) is 34.5 Å². The fourth-order valence-electron chi connectivity index (χ4n) is 5.36. The molecule has 0 spiro atoms. The molecule has 0 saturated carbocycles. The number of ether oxygens (including phenoxy) is 1. The fourth-order valence-corrected chi connectivity index (χ4v) is 5.36. The number of carbonyl (C=O) groups is 2. The molecule has 2 heterocycles. The first-order chi connectivity index (χ1) is 18.6. The number of carbonyl (C=O) groups excluding carboxylic acids is 2.